The Morgan fingerprint density at radius 2 is 0.920 bits per heavy atom. The van der Waals surface area contributed by atoms with Crippen LogP contribution in [0.2, 0.25) is 0 Å². The van der Waals surface area contributed by atoms with E-state index in [2.05, 4.69) is 204 Å². The van der Waals surface area contributed by atoms with Crippen molar-refractivity contribution in [2.24, 2.45) is 0 Å². The first kappa shape index (κ1) is 28.4. The Kier molecular flexibility index (Phi) is 6.53. The molecule has 10 aromatic rings. The van der Waals surface area contributed by atoms with E-state index in [-0.39, 0.29) is 0 Å². The van der Waals surface area contributed by atoms with Gasteiger partial charge in [-0.05, 0) is 92.7 Å². The first-order valence-corrected chi connectivity index (χ1v) is 17.2. The van der Waals surface area contributed by atoms with Gasteiger partial charge in [-0.1, -0.05) is 140 Å². The predicted octanol–water partition coefficient (Wildman–Crippen LogP) is 13.4. The van der Waals surface area contributed by atoms with Crippen LogP contribution in [0.4, 0.5) is 17.1 Å². The molecule has 0 radical (unpaired) electrons. The summed E-state index contributed by atoms with van der Waals surface area (Å²) in [4.78, 5) is 2.41. The van der Waals surface area contributed by atoms with Crippen molar-refractivity contribution in [3.05, 3.63) is 194 Å². The molecule has 2 heteroatoms. The van der Waals surface area contributed by atoms with Crippen molar-refractivity contribution in [1.82, 2.24) is 4.57 Å². The second kappa shape index (κ2) is 11.5. The summed E-state index contributed by atoms with van der Waals surface area (Å²) in [7, 11) is 0. The maximum atomic E-state index is 2.41. The quantitative estimate of drug-likeness (QED) is 0.171. The molecule has 0 aliphatic carbocycles. The van der Waals surface area contributed by atoms with E-state index in [9.17, 15) is 0 Å². The van der Waals surface area contributed by atoms with E-state index < -0.39 is 0 Å². The molecule has 0 fully saturated rings. The van der Waals surface area contributed by atoms with Gasteiger partial charge in [0.1, 0.15) is 0 Å². The van der Waals surface area contributed by atoms with Crippen molar-refractivity contribution in [2.45, 2.75) is 0 Å². The molecule has 234 valence electrons. The van der Waals surface area contributed by atoms with Crippen LogP contribution >= 0.6 is 0 Å². The number of benzene rings is 9. The number of hydrogen-bond acceptors (Lipinski definition) is 1. The number of para-hydroxylation sites is 2. The fraction of sp³-hybridized carbons (Fsp3) is 0. The summed E-state index contributed by atoms with van der Waals surface area (Å²) in [5.74, 6) is 0. The topological polar surface area (TPSA) is 8.17 Å². The lowest BCUT2D eigenvalue weighted by atomic mass is 9.96. The molecule has 0 unspecified atom stereocenters. The summed E-state index contributed by atoms with van der Waals surface area (Å²) in [5, 5.41) is 10.0. The lowest BCUT2D eigenvalue weighted by molar-refractivity contribution is 1.18. The minimum Gasteiger partial charge on any atom is -0.310 e. The van der Waals surface area contributed by atoms with Gasteiger partial charge in [0.05, 0.1) is 16.7 Å². The molecular formula is C48H32N2. The van der Waals surface area contributed by atoms with Gasteiger partial charge in [-0.15, -0.1) is 0 Å². The molecule has 2 nitrogen and oxygen atoms in total. The van der Waals surface area contributed by atoms with E-state index in [0.29, 0.717) is 0 Å². The Bertz CT molecular complexity index is 2850. The van der Waals surface area contributed by atoms with Crippen LogP contribution in [0, 0.1) is 0 Å². The van der Waals surface area contributed by atoms with Crippen molar-refractivity contribution in [3.8, 4) is 16.8 Å². The number of hydrogen-bond donors (Lipinski definition) is 0. The highest BCUT2D eigenvalue weighted by atomic mass is 15.1. The van der Waals surface area contributed by atoms with Crippen LogP contribution in [0.5, 0.6) is 0 Å². The van der Waals surface area contributed by atoms with Gasteiger partial charge in [-0.3, -0.25) is 0 Å². The summed E-state index contributed by atoms with van der Waals surface area (Å²) in [6.45, 7) is 0. The van der Waals surface area contributed by atoms with Gasteiger partial charge in [0, 0.05) is 33.2 Å². The molecule has 0 bridgehead atoms. The number of fused-ring (bicyclic) bond motifs is 8. The third kappa shape index (κ3) is 4.50. The standard InChI is InChI=1S/C48H32N2/c1-3-12-33(13-4-1)34-22-25-37(26-23-34)50-47-20-10-9-18-43(47)45-32-38(27-31-48(45)50)49(36-15-5-2-6-16-36)46-21-11-19-40-42-28-24-35-14-7-8-17-39(35)41(42)29-30-44(40)46/h1-32H. The van der Waals surface area contributed by atoms with Gasteiger partial charge in [0.15, 0.2) is 0 Å². The second-order valence-corrected chi connectivity index (χ2v) is 13.0. The van der Waals surface area contributed by atoms with E-state index in [1.165, 1.54) is 65.3 Å². The minimum absolute atomic E-state index is 1.12. The molecule has 9 aromatic carbocycles. The molecule has 0 saturated carbocycles. The minimum atomic E-state index is 1.12. The van der Waals surface area contributed by atoms with Crippen LogP contribution < -0.4 is 4.90 Å². The van der Waals surface area contributed by atoms with Crippen molar-refractivity contribution >= 4 is 71.2 Å². The smallest absolute Gasteiger partial charge is 0.0542 e. The Labute approximate surface area is 290 Å². The van der Waals surface area contributed by atoms with E-state index in [4.69, 9.17) is 0 Å². The van der Waals surface area contributed by atoms with E-state index in [0.717, 1.165) is 22.7 Å². The van der Waals surface area contributed by atoms with Crippen molar-refractivity contribution in [1.29, 1.82) is 0 Å². The largest absolute Gasteiger partial charge is 0.310 e. The highest BCUT2D eigenvalue weighted by Gasteiger charge is 2.19. The van der Waals surface area contributed by atoms with Crippen LogP contribution in [-0.4, -0.2) is 4.57 Å². The molecule has 50 heavy (non-hydrogen) atoms. The maximum Gasteiger partial charge on any atom is 0.0542 e. The molecule has 0 amide bonds. The van der Waals surface area contributed by atoms with Gasteiger partial charge >= 0.3 is 0 Å². The normalized spacial score (nSPS) is 11.6. The molecule has 10 rings (SSSR count). The van der Waals surface area contributed by atoms with Crippen molar-refractivity contribution < 1.29 is 0 Å². The molecule has 0 atom stereocenters. The van der Waals surface area contributed by atoms with Gasteiger partial charge in [0.25, 0.3) is 0 Å². The maximum absolute atomic E-state index is 2.41. The van der Waals surface area contributed by atoms with Gasteiger partial charge in [-0.25, -0.2) is 0 Å². The summed E-state index contributed by atoms with van der Waals surface area (Å²) in [5.41, 5.74) is 9.37. The summed E-state index contributed by atoms with van der Waals surface area (Å²) in [6, 6.07) is 70.4. The Morgan fingerprint density at radius 3 is 1.76 bits per heavy atom. The van der Waals surface area contributed by atoms with Crippen LogP contribution in [0.15, 0.2) is 194 Å². The molecule has 0 aliphatic heterocycles. The third-order valence-electron chi connectivity index (χ3n) is 10.2. The summed E-state index contributed by atoms with van der Waals surface area (Å²) >= 11 is 0. The monoisotopic (exact) mass is 636 g/mol. The fourth-order valence-corrected chi connectivity index (χ4v) is 7.85. The lowest BCUT2D eigenvalue weighted by Crippen LogP contribution is -2.10. The van der Waals surface area contributed by atoms with Crippen LogP contribution in [0.1, 0.15) is 0 Å². The van der Waals surface area contributed by atoms with Crippen LogP contribution in [-0.2, 0) is 0 Å². The van der Waals surface area contributed by atoms with Crippen LogP contribution in [0.3, 0.4) is 0 Å². The van der Waals surface area contributed by atoms with Gasteiger partial charge in [-0.2, -0.15) is 0 Å². The molecule has 0 spiro atoms. The average Bonchev–Trinajstić information content (AvgIpc) is 3.52. The Hall–Kier alpha value is -6.64. The number of rotatable bonds is 5. The fourth-order valence-electron chi connectivity index (χ4n) is 7.85. The molecule has 1 heterocycles. The lowest BCUT2D eigenvalue weighted by Gasteiger charge is -2.27. The number of nitrogens with zero attached hydrogens (tertiary/aromatic N) is 2. The average molecular weight is 637 g/mol. The summed E-state index contributed by atoms with van der Waals surface area (Å²) < 4.78 is 2.39. The molecular weight excluding hydrogens is 605 g/mol. The van der Waals surface area contributed by atoms with Gasteiger partial charge in [0.2, 0.25) is 0 Å². The zero-order chi connectivity index (χ0) is 33.0. The predicted molar refractivity (Wildman–Crippen MR) is 213 cm³/mol. The highest BCUT2D eigenvalue weighted by Crippen LogP contribution is 2.43. The van der Waals surface area contributed by atoms with Crippen molar-refractivity contribution in [2.75, 3.05) is 4.90 Å². The first-order chi connectivity index (χ1) is 24.8. The second-order valence-electron chi connectivity index (χ2n) is 13.0. The Balaban J connectivity index is 1.17. The van der Waals surface area contributed by atoms with Crippen molar-refractivity contribution in [3.63, 3.8) is 0 Å². The summed E-state index contributed by atoms with van der Waals surface area (Å²) in [6.07, 6.45) is 0. The molecule has 0 N–H and O–H groups in total. The van der Waals surface area contributed by atoms with Gasteiger partial charge < -0.3 is 9.47 Å². The zero-order valence-corrected chi connectivity index (χ0v) is 27.4. The van der Waals surface area contributed by atoms with E-state index in [1.54, 1.807) is 0 Å². The SMILES string of the molecule is c1ccc(-c2ccc(-n3c4ccccc4c4cc(N(c5ccccc5)c5cccc6c5ccc5c7ccccc7ccc65)ccc43)cc2)cc1. The van der Waals surface area contributed by atoms with E-state index in [1.807, 2.05) is 0 Å². The number of aromatic nitrogens is 1. The molecule has 0 saturated heterocycles. The molecule has 1 aromatic heterocycles. The van der Waals surface area contributed by atoms with Crippen LogP contribution in [0.25, 0.3) is 70.9 Å². The molecule has 0 aliphatic rings. The third-order valence-corrected chi connectivity index (χ3v) is 10.2. The zero-order valence-electron chi connectivity index (χ0n) is 27.4. The van der Waals surface area contributed by atoms with E-state index >= 15 is 0 Å². The Morgan fingerprint density at radius 1 is 0.320 bits per heavy atom. The highest BCUT2D eigenvalue weighted by molar-refractivity contribution is 6.20. The first-order valence-electron chi connectivity index (χ1n) is 17.2. The number of anilines is 3.